The Labute approximate surface area is 129 Å². The van der Waals surface area contributed by atoms with Crippen LogP contribution in [0.15, 0.2) is 35.3 Å². The monoisotopic (exact) mass is 298 g/mol. The summed E-state index contributed by atoms with van der Waals surface area (Å²) in [7, 11) is 0. The van der Waals surface area contributed by atoms with E-state index in [9.17, 15) is 4.79 Å². The predicted octanol–water partition coefficient (Wildman–Crippen LogP) is 2.95. The van der Waals surface area contributed by atoms with Gasteiger partial charge in [-0.2, -0.15) is 4.98 Å². The van der Waals surface area contributed by atoms with Crippen molar-refractivity contribution in [1.29, 1.82) is 0 Å². The number of H-pyrrole nitrogens is 2. The first kappa shape index (κ1) is 15.8. The summed E-state index contributed by atoms with van der Waals surface area (Å²) in [5.74, 6) is 0.134. The van der Waals surface area contributed by atoms with E-state index >= 15 is 0 Å². The van der Waals surface area contributed by atoms with Crippen molar-refractivity contribution in [2.24, 2.45) is 0 Å². The number of anilines is 1. The summed E-state index contributed by atoms with van der Waals surface area (Å²) >= 11 is 0. The Hall–Kier alpha value is -2.56. The van der Waals surface area contributed by atoms with E-state index in [1.54, 1.807) is 0 Å². The number of aromatic nitrogens is 3. The van der Waals surface area contributed by atoms with Crippen LogP contribution in [-0.2, 0) is 12.8 Å². The first-order chi connectivity index (χ1) is 10.6. The average molecular weight is 298 g/mol. The molecule has 0 fully saturated rings. The predicted molar refractivity (Wildman–Crippen MR) is 91.1 cm³/mol. The fourth-order valence-electron chi connectivity index (χ4n) is 2.35. The second-order valence-corrected chi connectivity index (χ2v) is 4.97. The van der Waals surface area contributed by atoms with Crippen molar-refractivity contribution in [2.75, 3.05) is 5.73 Å². The van der Waals surface area contributed by atoms with E-state index in [0.29, 0.717) is 11.0 Å². The Kier molecular flexibility index (Phi) is 4.99. The van der Waals surface area contributed by atoms with E-state index in [1.807, 2.05) is 20.0 Å². The highest BCUT2D eigenvalue weighted by Gasteiger charge is 2.09. The molecule has 0 spiro atoms. The quantitative estimate of drug-likeness (QED) is 0.694. The van der Waals surface area contributed by atoms with Gasteiger partial charge in [0, 0.05) is 6.20 Å². The summed E-state index contributed by atoms with van der Waals surface area (Å²) in [6.45, 7) is 6.07. The molecule has 0 bridgehead atoms. The van der Waals surface area contributed by atoms with Gasteiger partial charge in [-0.3, -0.25) is 9.78 Å². The maximum atomic E-state index is 11.9. The molecular weight excluding hydrogens is 276 g/mol. The number of nitrogens with one attached hydrogen (secondary N) is 2. The molecule has 0 aliphatic rings. The second-order valence-electron chi connectivity index (χ2n) is 4.97. The molecule has 1 aromatic carbocycles. The number of aryl methyl sites for hydroxylation is 3. The zero-order valence-electron chi connectivity index (χ0n) is 13.2. The molecule has 4 N–H and O–H groups in total. The summed E-state index contributed by atoms with van der Waals surface area (Å²) in [5, 5.41) is 0.603. The SMILES string of the molecule is CC.Cc1ccc(CCc2c[nH]c3nc(N)[nH]c(=O)c23)cc1. The van der Waals surface area contributed by atoms with Crippen LogP contribution in [0.25, 0.3) is 11.0 Å². The van der Waals surface area contributed by atoms with Crippen LogP contribution >= 0.6 is 0 Å². The number of hydrogen-bond donors (Lipinski definition) is 3. The van der Waals surface area contributed by atoms with Crippen LogP contribution in [0, 0.1) is 6.92 Å². The van der Waals surface area contributed by atoms with Gasteiger partial charge in [-0.05, 0) is 30.9 Å². The van der Waals surface area contributed by atoms with Crippen molar-refractivity contribution >= 4 is 17.0 Å². The number of nitrogen functional groups attached to an aromatic ring is 1. The maximum Gasteiger partial charge on any atom is 0.262 e. The summed E-state index contributed by atoms with van der Waals surface area (Å²) in [4.78, 5) is 21.6. The number of nitrogens with zero attached hydrogens (tertiary/aromatic N) is 1. The third kappa shape index (κ3) is 3.36. The molecule has 2 heterocycles. The van der Waals surface area contributed by atoms with Crippen LogP contribution in [0.5, 0.6) is 0 Å². The molecule has 5 nitrogen and oxygen atoms in total. The highest BCUT2D eigenvalue weighted by atomic mass is 16.1. The van der Waals surface area contributed by atoms with Gasteiger partial charge in [0.2, 0.25) is 5.95 Å². The molecule has 5 heteroatoms. The van der Waals surface area contributed by atoms with Gasteiger partial charge in [0.05, 0.1) is 5.39 Å². The van der Waals surface area contributed by atoms with Gasteiger partial charge in [-0.1, -0.05) is 43.7 Å². The van der Waals surface area contributed by atoms with E-state index in [0.717, 1.165) is 18.4 Å². The number of aromatic amines is 2. The van der Waals surface area contributed by atoms with E-state index in [-0.39, 0.29) is 11.5 Å². The average Bonchev–Trinajstić information content (AvgIpc) is 2.92. The van der Waals surface area contributed by atoms with Crippen molar-refractivity contribution < 1.29 is 0 Å². The lowest BCUT2D eigenvalue weighted by Gasteiger charge is -2.01. The molecule has 116 valence electrons. The van der Waals surface area contributed by atoms with Crippen LogP contribution in [0.4, 0.5) is 5.95 Å². The fourth-order valence-corrected chi connectivity index (χ4v) is 2.35. The third-order valence-electron chi connectivity index (χ3n) is 3.45. The number of benzene rings is 1. The highest BCUT2D eigenvalue weighted by molar-refractivity contribution is 5.79. The van der Waals surface area contributed by atoms with Crippen molar-refractivity contribution in [3.8, 4) is 0 Å². The van der Waals surface area contributed by atoms with Crippen molar-refractivity contribution in [2.45, 2.75) is 33.6 Å². The lowest BCUT2D eigenvalue weighted by Crippen LogP contribution is -2.11. The molecule has 3 aromatic rings. The van der Waals surface area contributed by atoms with Crippen LogP contribution in [-0.4, -0.2) is 15.0 Å². The van der Waals surface area contributed by atoms with E-state index < -0.39 is 0 Å². The molecule has 0 saturated carbocycles. The topological polar surface area (TPSA) is 87.6 Å². The van der Waals surface area contributed by atoms with Crippen LogP contribution in [0.3, 0.4) is 0 Å². The minimum Gasteiger partial charge on any atom is -0.369 e. The molecule has 0 atom stereocenters. The molecule has 0 unspecified atom stereocenters. The Morgan fingerprint density at radius 3 is 2.50 bits per heavy atom. The van der Waals surface area contributed by atoms with Gasteiger partial charge in [0.15, 0.2) is 0 Å². The standard InChI is InChI=1S/C15H16N4O.C2H6/c1-9-2-4-10(5-3-9)6-7-11-8-17-13-12(11)14(20)19-15(16)18-13;1-2/h2-5,8H,6-7H2,1H3,(H4,16,17,18,19,20);1-2H3. The molecule has 3 rings (SSSR count). The number of rotatable bonds is 3. The van der Waals surface area contributed by atoms with Gasteiger partial charge in [-0.25, -0.2) is 0 Å². The number of nitrogens with two attached hydrogens (primary N) is 1. The van der Waals surface area contributed by atoms with Crippen molar-refractivity contribution in [1.82, 2.24) is 15.0 Å². The molecule has 0 aliphatic heterocycles. The Bertz CT molecular complexity index is 800. The van der Waals surface area contributed by atoms with Gasteiger partial charge < -0.3 is 10.7 Å². The van der Waals surface area contributed by atoms with E-state index in [4.69, 9.17) is 5.73 Å². The Balaban J connectivity index is 0.000000847. The molecular formula is C17H22N4O. The van der Waals surface area contributed by atoms with Crippen LogP contribution in [0.1, 0.15) is 30.5 Å². The smallest absolute Gasteiger partial charge is 0.262 e. The number of fused-ring (bicyclic) bond motifs is 1. The summed E-state index contributed by atoms with van der Waals surface area (Å²) in [6, 6.07) is 8.43. The summed E-state index contributed by atoms with van der Waals surface area (Å²) in [6.07, 6.45) is 3.51. The first-order valence-corrected chi connectivity index (χ1v) is 7.55. The summed E-state index contributed by atoms with van der Waals surface area (Å²) in [5.41, 5.74) is 9.35. The molecule has 0 amide bonds. The van der Waals surface area contributed by atoms with Crippen LogP contribution in [0.2, 0.25) is 0 Å². The van der Waals surface area contributed by atoms with E-state index in [2.05, 4.69) is 46.1 Å². The van der Waals surface area contributed by atoms with Gasteiger partial charge >= 0.3 is 0 Å². The summed E-state index contributed by atoms with van der Waals surface area (Å²) < 4.78 is 0. The normalized spacial score (nSPS) is 10.3. The first-order valence-electron chi connectivity index (χ1n) is 7.55. The minimum atomic E-state index is -0.187. The molecule has 0 aliphatic carbocycles. The molecule has 2 aromatic heterocycles. The molecule has 22 heavy (non-hydrogen) atoms. The van der Waals surface area contributed by atoms with Gasteiger partial charge in [-0.15, -0.1) is 0 Å². The fraction of sp³-hybridized carbons (Fsp3) is 0.294. The van der Waals surface area contributed by atoms with Crippen molar-refractivity contribution in [3.63, 3.8) is 0 Å². The van der Waals surface area contributed by atoms with Gasteiger partial charge in [0.25, 0.3) is 5.56 Å². The van der Waals surface area contributed by atoms with Crippen molar-refractivity contribution in [3.05, 3.63) is 57.5 Å². The zero-order chi connectivity index (χ0) is 16.1. The maximum absolute atomic E-state index is 11.9. The molecule has 0 radical (unpaired) electrons. The lowest BCUT2D eigenvalue weighted by molar-refractivity contribution is 0.965. The molecule has 0 saturated heterocycles. The second kappa shape index (κ2) is 6.93. The Morgan fingerprint density at radius 1 is 1.14 bits per heavy atom. The Morgan fingerprint density at radius 2 is 1.82 bits per heavy atom. The minimum absolute atomic E-state index is 0.134. The zero-order valence-corrected chi connectivity index (χ0v) is 13.2. The lowest BCUT2D eigenvalue weighted by atomic mass is 10.0. The number of hydrogen-bond acceptors (Lipinski definition) is 3. The third-order valence-corrected chi connectivity index (χ3v) is 3.45. The van der Waals surface area contributed by atoms with E-state index in [1.165, 1.54) is 11.1 Å². The van der Waals surface area contributed by atoms with Gasteiger partial charge in [0.1, 0.15) is 5.65 Å². The highest BCUT2D eigenvalue weighted by Crippen LogP contribution is 2.15. The largest absolute Gasteiger partial charge is 0.369 e. The van der Waals surface area contributed by atoms with Crippen LogP contribution < -0.4 is 11.3 Å².